The minimum Gasteiger partial charge on any atom is -0.377 e. The van der Waals surface area contributed by atoms with E-state index in [-0.39, 0.29) is 6.10 Å². The molecule has 2 nitrogen and oxygen atoms in total. The summed E-state index contributed by atoms with van der Waals surface area (Å²) in [6.07, 6.45) is 4.44. The molecule has 0 aromatic carbocycles. The van der Waals surface area contributed by atoms with Gasteiger partial charge in [-0.15, -0.1) is 0 Å². The monoisotopic (exact) mass is 261 g/mol. The summed E-state index contributed by atoms with van der Waals surface area (Å²) in [7, 11) is 0. The molecule has 1 saturated heterocycles. The van der Waals surface area contributed by atoms with Crippen molar-refractivity contribution < 1.29 is 13.5 Å². The maximum atomic E-state index is 13.4. The Hall–Kier alpha value is -0.220. The van der Waals surface area contributed by atoms with Crippen molar-refractivity contribution in [3.8, 4) is 0 Å². The van der Waals surface area contributed by atoms with E-state index in [1.54, 1.807) is 0 Å². The molecule has 4 unspecified atom stereocenters. The molecule has 0 radical (unpaired) electrons. The lowest BCUT2D eigenvalue weighted by atomic mass is 9.78. The summed E-state index contributed by atoms with van der Waals surface area (Å²) in [6.45, 7) is 4.84. The number of rotatable bonds is 4. The van der Waals surface area contributed by atoms with Crippen molar-refractivity contribution in [3.05, 3.63) is 0 Å². The predicted octanol–water partition coefficient (Wildman–Crippen LogP) is 3.22. The molecule has 1 heterocycles. The van der Waals surface area contributed by atoms with Gasteiger partial charge in [0.15, 0.2) is 0 Å². The topological polar surface area (TPSA) is 21.3 Å². The van der Waals surface area contributed by atoms with Gasteiger partial charge in [-0.1, -0.05) is 6.92 Å². The Morgan fingerprint density at radius 1 is 1.28 bits per heavy atom. The van der Waals surface area contributed by atoms with Crippen LogP contribution in [0, 0.1) is 11.8 Å². The van der Waals surface area contributed by atoms with Gasteiger partial charge in [-0.3, -0.25) is 0 Å². The molecule has 4 atom stereocenters. The van der Waals surface area contributed by atoms with E-state index in [4.69, 9.17) is 4.74 Å². The Balaban J connectivity index is 1.80. The van der Waals surface area contributed by atoms with Crippen LogP contribution in [0.25, 0.3) is 0 Å². The van der Waals surface area contributed by atoms with Crippen LogP contribution in [0.4, 0.5) is 8.78 Å². The summed E-state index contributed by atoms with van der Waals surface area (Å²) < 4.78 is 32.7. The summed E-state index contributed by atoms with van der Waals surface area (Å²) in [5, 5.41) is 3.38. The van der Waals surface area contributed by atoms with Crippen LogP contribution < -0.4 is 5.32 Å². The molecule has 0 bridgehead atoms. The first-order valence-electron chi connectivity index (χ1n) is 7.18. The first-order valence-corrected chi connectivity index (χ1v) is 7.18. The summed E-state index contributed by atoms with van der Waals surface area (Å²) in [5.74, 6) is -2.74. The molecule has 0 aromatic heterocycles. The Kier molecular flexibility index (Phi) is 4.59. The van der Waals surface area contributed by atoms with E-state index in [1.807, 2.05) is 0 Å². The van der Waals surface area contributed by atoms with Crippen molar-refractivity contribution in [1.82, 2.24) is 5.32 Å². The quantitative estimate of drug-likeness (QED) is 0.839. The molecule has 18 heavy (non-hydrogen) atoms. The second-order valence-corrected chi connectivity index (χ2v) is 6.21. The number of hydrogen-bond acceptors (Lipinski definition) is 2. The van der Waals surface area contributed by atoms with E-state index in [2.05, 4.69) is 12.2 Å². The highest BCUT2D eigenvalue weighted by Gasteiger charge is 2.40. The van der Waals surface area contributed by atoms with Gasteiger partial charge >= 0.3 is 0 Å². The molecule has 106 valence electrons. The third-order valence-electron chi connectivity index (χ3n) is 4.31. The minimum absolute atomic E-state index is 0.0203. The van der Waals surface area contributed by atoms with Crippen LogP contribution in [-0.2, 0) is 4.74 Å². The summed E-state index contributed by atoms with van der Waals surface area (Å²) in [6, 6.07) is 0.433. The highest BCUT2D eigenvalue weighted by atomic mass is 19.3. The van der Waals surface area contributed by atoms with Crippen LogP contribution in [0.3, 0.4) is 0 Å². The van der Waals surface area contributed by atoms with Crippen LogP contribution in [0.5, 0.6) is 0 Å². The Morgan fingerprint density at radius 3 is 2.67 bits per heavy atom. The molecule has 1 aliphatic carbocycles. The van der Waals surface area contributed by atoms with Gasteiger partial charge in [0.05, 0.1) is 12.7 Å². The third-order valence-corrected chi connectivity index (χ3v) is 4.31. The van der Waals surface area contributed by atoms with Gasteiger partial charge in [0.2, 0.25) is 5.92 Å². The average Bonchev–Trinajstić information content (AvgIpc) is 2.77. The van der Waals surface area contributed by atoms with Crippen LogP contribution in [-0.4, -0.2) is 31.2 Å². The highest BCUT2D eigenvalue weighted by molar-refractivity contribution is 4.84. The van der Waals surface area contributed by atoms with Gasteiger partial charge < -0.3 is 10.1 Å². The predicted molar refractivity (Wildman–Crippen MR) is 67.9 cm³/mol. The first kappa shape index (κ1) is 14.2. The maximum Gasteiger partial charge on any atom is 0.248 e. The molecule has 1 aliphatic heterocycles. The number of alkyl halides is 2. The third kappa shape index (κ3) is 3.89. The lowest BCUT2D eigenvalue weighted by molar-refractivity contribution is -0.0973. The zero-order chi connectivity index (χ0) is 13.2. The molecule has 1 saturated carbocycles. The minimum atomic E-state index is -2.57. The smallest absolute Gasteiger partial charge is 0.248 e. The van der Waals surface area contributed by atoms with Crippen molar-refractivity contribution in [2.45, 2.75) is 64.0 Å². The van der Waals surface area contributed by atoms with E-state index in [0.29, 0.717) is 31.4 Å². The van der Waals surface area contributed by atoms with Crippen molar-refractivity contribution >= 4 is 0 Å². The van der Waals surface area contributed by atoms with Crippen LogP contribution in [0.15, 0.2) is 0 Å². The fourth-order valence-electron chi connectivity index (χ4n) is 3.24. The second-order valence-electron chi connectivity index (χ2n) is 6.21. The van der Waals surface area contributed by atoms with Crippen LogP contribution in [0.1, 0.15) is 46.0 Å². The van der Waals surface area contributed by atoms with Gasteiger partial charge in [-0.05, 0) is 51.5 Å². The van der Waals surface area contributed by atoms with E-state index < -0.39 is 11.8 Å². The molecule has 4 heteroatoms. The van der Waals surface area contributed by atoms with Crippen molar-refractivity contribution in [3.63, 3.8) is 0 Å². The van der Waals surface area contributed by atoms with E-state index >= 15 is 0 Å². The van der Waals surface area contributed by atoms with Gasteiger partial charge in [-0.25, -0.2) is 8.78 Å². The molecule has 0 aromatic rings. The zero-order valence-corrected chi connectivity index (χ0v) is 11.4. The fraction of sp³-hybridized carbons (Fsp3) is 1.00. The van der Waals surface area contributed by atoms with Crippen molar-refractivity contribution in [2.75, 3.05) is 13.2 Å². The SMILES string of the molecule is CC1CC(OCC2CCCN2)CC(C(C)(F)F)C1. The first-order chi connectivity index (χ1) is 8.45. The van der Waals surface area contributed by atoms with E-state index in [9.17, 15) is 8.78 Å². The normalized spacial score (nSPS) is 38.0. The number of halogens is 2. The molecular formula is C14H25F2NO. The summed E-state index contributed by atoms with van der Waals surface area (Å²) in [4.78, 5) is 0. The van der Waals surface area contributed by atoms with Crippen molar-refractivity contribution in [1.29, 1.82) is 0 Å². The van der Waals surface area contributed by atoms with Gasteiger partial charge in [0.1, 0.15) is 0 Å². The lowest BCUT2D eigenvalue weighted by Gasteiger charge is -2.36. The van der Waals surface area contributed by atoms with Gasteiger partial charge in [-0.2, -0.15) is 0 Å². The maximum absolute atomic E-state index is 13.4. The van der Waals surface area contributed by atoms with E-state index in [1.165, 1.54) is 6.42 Å². The molecule has 0 spiro atoms. The fourth-order valence-corrected chi connectivity index (χ4v) is 3.24. The lowest BCUT2D eigenvalue weighted by Crippen LogP contribution is -2.38. The van der Waals surface area contributed by atoms with Crippen LogP contribution >= 0.6 is 0 Å². The van der Waals surface area contributed by atoms with Crippen molar-refractivity contribution in [2.24, 2.45) is 11.8 Å². The number of hydrogen-bond donors (Lipinski definition) is 1. The standard InChI is InChI=1S/C14H25F2NO/c1-10-6-11(14(2,15)16)8-13(7-10)18-9-12-4-3-5-17-12/h10-13,17H,3-9H2,1-2H3. The number of nitrogens with one attached hydrogen (secondary N) is 1. The zero-order valence-electron chi connectivity index (χ0n) is 11.4. The molecular weight excluding hydrogens is 236 g/mol. The molecule has 2 fully saturated rings. The Labute approximate surface area is 108 Å². The largest absolute Gasteiger partial charge is 0.377 e. The highest BCUT2D eigenvalue weighted by Crippen LogP contribution is 2.39. The van der Waals surface area contributed by atoms with Gasteiger partial charge in [0, 0.05) is 12.0 Å². The van der Waals surface area contributed by atoms with Gasteiger partial charge in [0.25, 0.3) is 0 Å². The Morgan fingerprint density at radius 2 is 2.06 bits per heavy atom. The van der Waals surface area contributed by atoms with E-state index in [0.717, 1.165) is 26.3 Å². The molecule has 2 rings (SSSR count). The molecule has 0 amide bonds. The molecule has 2 aliphatic rings. The number of ether oxygens (including phenoxy) is 1. The Bertz CT molecular complexity index is 261. The van der Waals surface area contributed by atoms with Crippen LogP contribution in [0.2, 0.25) is 0 Å². The molecule has 1 N–H and O–H groups in total. The summed E-state index contributed by atoms with van der Waals surface area (Å²) >= 11 is 0. The second kappa shape index (κ2) is 5.83. The average molecular weight is 261 g/mol. The summed E-state index contributed by atoms with van der Waals surface area (Å²) in [5.41, 5.74) is 0.